The Morgan fingerprint density at radius 2 is 2.18 bits per heavy atom. The van der Waals surface area contributed by atoms with Crippen molar-refractivity contribution in [2.45, 2.75) is 25.0 Å². The van der Waals surface area contributed by atoms with Gasteiger partial charge in [0.15, 0.2) is 0 Å². The molecule has 0 saturated carbocycles. The molecule has 116 valence electrons. The molecule has 2 aromatic rings. The summed E-state index contributed by atoms with van der Waals surface area (Å²) in [6.45, 7) is 3.93. The first-order valence-corrected chi connectivity index (χ1v) is 8.36. The van der Waals surface area contributed by atoms with Crippen molar-refractivity contribution in [3.05, 3.63) is 24.4 Å². The maximum atomic E-state index is 12.2. The number of rotatable bonds is 4. The van der Waals surface area contributed by atoms with Gasteiger partial charge in [-0.05, 0) is 30.9 Å². The van der Waals surface area contributed by atoms with E-state index in [0.29, 0.717) is 28.5 Å². The number of aromatic nitrogens is 3. The number of hydrogen-bond acceptors (Lipinski definition) is 6. The predicted octanol–water partition coefficient (Wildman–Crippen LogP) is 2.48. The highest BCUT2D eigenvalue weighted by molar-refractivity contribution is 7.99. The van der Waals surface area contributed by atoms with Gasteiger partial charge in [0.2, 0.25) is 5.91 Å². The van der Waals surface area contributed by atoms with Crippen LogP contribution in [0.5, 0.6) is 0 Å². The molecule has 6 nitrogen and oxygen atoms in total. The minimum atomic E-state index is 0.134. The third-order valence-electron chi connectivity index (χ3n) is 3.75. The minimum Gasteiger partial charge on any atom is -0.410 e. The van der Waals surface area contributed by atoms with Gasteiger partial charge >= 0.3 is 0 Å². The Kier molecular flexibility index (Phi) is 4.72. The molecule has 0 radical (unpaired) electrons. The lowest BCUT2D eigenvalue weighted by atomic mass is 9.99. The molecular formula is C15H18N4O2S. The van der Waals surface area contributed by atoms with E-state index in [1.807, 2.05) is 23.1 Å². The van der Waals surface area contributed by atoms with E-state index < -0.39 is 0 Å². The molecule has 1 amide bonds. The topological polar surface area (TPSA) is 72.1 Å². The number of pyridine rings is 1. The van der Waals surface area contributed by atoms with Crippen LogP contribution >= 0.6 is 11.8 Å². The maximum Gasteiger partial charge on any atom is 0.277 e. The summed E-state index contributed by atoms with van der Waals surface area (Å²) in [7, 11) is 0. The van der Waals surface area contributed by atoms with Gasteiger partial charge in [0.1, 0.15) is 5.69 Å². The minimum absolute atomic E-state index is 0.134. The second kappa shape index (κ2) is 6.91. The fourth-order valence-electron chi connectivity index (χ4n) is 2.33. The third-order valence-corrected chi connectivity index (χ3v) is 4.55. The normalized spacial score (nSPS) is 16.0. The van der Waals surface area contributed by atoms with Gasteiger partial charge in [-0.2, -0.15) is 0 Å². The van der Waals surface area contributed by atoms with Gasteiger partial charge in [0.25, 0.3) is 11.1 Å². The van der Waals surface area contributed by atoms with Crippen molar-refractivity contribution in [3.8, 4) is 11.6 Å². The van der Waals surface area contributed by atoms with Crippen LogP contribution in [0.25, 0.3) is 11.6 Å². The lowest BCUT2D eigenvalue weighted by Gasteiger charge is -2.30. The van der Waals surface area contributed by atoms with Gasteiger partial charge in [-0.1, -0.05) is 24.8 Å². The first-order valence-electron chi connectivity index (χ1n) is 7.38. The van der Waals surface area contributed by atoms with Gasteiger partial charge in [-0.25, -0.2) is 0 Å². The van der Waals surface area contributed by atoms with E-state index in [4.69, 9.17) is 4.42 Å². The van der Waals surface area contributed by atoms with Gasteiger partial charge in [-0.3, -0.25) is 9.78 Å². The highest BCUT2D eigenvalue weighted by Gasteiger charge is 2.21. The van der Waals surface area contributed by atoms with Crippen LogP contribution < -0.4 is 0 Å². The highest BCUT2D eigenvalue weighted by atomic mass is 32.2. The Labute approximate surface area is 133 Å². The molecule has 1 aliphatic heterocycles. The summed E-state index contributed by atoms with van der Waals surface area (Å²) in [5, 5.41) is 8.32. The molecular weight excluding hydrogens is 300 g/mol. The van der Waals surface area contributed by atoms with Crippen molar-refractivity contribution in [1.82, 2.24) is 20.1 Å². The molecule has 0 spiro atoms. The monoisotopic (exact) mass is 318 g/mol. The third kappa shape index (κ3) is 3.65. The van der Waals surface area contributed by atoms with Crippen LogP contribution in [0.1, 0.15) is 19.8 Å². The zero-order valence-corrected chi connectivity index (χ0v) is 13.3. The van der Waals surface area contributed by atoms with Crippen molar-refractivity contribution in [3.63, 3.8) is 0 Å². The molecule has 1 saturated heterocycles. The highest BCUT2D eigenvalue weighted by Crippen LogP contribution is 2.23. The van der Waals surface area contributed by atoms with Crippen molar-refractivity contribution in [1.29, 1.82) is 0 Å². The Bertz CT molecular complexity index is 623. The summed E-state index contributed by atoms with van der Waals surface area (Å²) < 4.78 is 5.53. The molecule has 7 heteroatoms. The van der Waals surface area contributed by atoms with Crippen molar-refractivity contribution in [2.24, 2.45) is 5.92 Å². The average molecular weight is 318 g/mol. The first kappa shape index (κ1) is 15.0. The smallest absolute Gasteiger partial charge is 0.277 e. The fourth-order valence-corrected chi connectivity index (χ4v) is 3.00. The molecule has 0 unspecified atom stereocenters. The number of likely N-dealkylation sites (tertiary alicyclic amines) is 1. The maximum absolute atomic E-state index is 12.2. The number of thioether (sulfide) groups is 1. The Balaban J connectivity index is 1.54. The molecule has 0 bridgehead atoms. The van der Waals surface area contributed by atoms with Gasteiger partial charge < -0.3 is 9.32 Å². The summed E-state index contributed by atoms with van der Waals surface area (Å²) in [4.78, 5) is 18.2. The molecule has 1 fully saturated rings. The van der Waals surface area contributed by atoms with Gasteiger partial charge in [0.05, 0.1) is 5.75 Å². The Morgan fingerprint density at radius 1 is 1.36 bits per heavy atom. The fraction of sp³-hybridized carbons (Fsp3) is 0.467. The number of piperidine rings is 1. The first-order chi connectivity index (χ1) is 10.7. The number of carbonyl (C=O) groups excluding carboxylic acids is 1. The zero-order valence-electron chi connectivity index (χ0n) is 12.4. The van der Waals surface area contributed by atoms with E-state index in [1.54, 1.807) is 6.20 Å². The summed E-state index contributed by atoms with van der Waals surface area (Å²) >= 11 is 1.28. The van der Waals surface area contributed by atoms with Crippen LogP contribution in [0, 0.1) is 5.92 Å². The summed E-state index contributed by atoms with van der Waals surface area (Å²) in [6, 6.07) is 5.50. The molecule has 3 heterocycles. The Hall–Kier alpha value is -1.89. The molecule has 3 rings (SSSR count). The van der Waals surface area contributed by atoms with Gasteiger partial charge in [0, 0.05) is 19.3 Å². The van der Waals surface area contributed by atoms with Crippen molar-refractivity contribution < 1.29 is 9.21 Å². The second-order valence-electron chi connectivity index (χ2n) is 5.44. The second-order valence-corrected chi connectivity index (χ2v) is 6.37. The number of hydrogen-bond donors (Lipinski definition) is 0. The predicted molar refractivity (Wildman–Crippen MR) is 83.2 cm³/mol. The quantitative estimate of drug-likeness (QED) is 0.807. The van der Waals surface area contributed by atoms with Gasteiger partial charge in [-0.15, -0.1) is 10.2 Å². The summed E-state index contributed by atoms with van der Waals surface area (Å²) in [5.74, 6) is 1.56. The van der Waals surface area contributed by atoms with E-state index in [1.165, 1.54) is 11.8 Å². The summed E-state index contributed by atoms with van der Waals surface area (Å²) in [5.41, 5.74) is 0.637. The van der Waals surface area contributed by atoms with Crippen LogP contribution in [0.4, 0.5) is 0 Å². The molecule has 2 aromatic heterocycles. The molecule has 0 aromatic carbocycles. The van der Waals surface area contributed by atoms with E-state index in [2.05, 4.69) is 22.1 Å². The standard InChI is InChI=1S/C15H18N4O2S/c1-11-5-8-19(9-6-11)13(20)10-22-15-18-17-14(21-15)12-4-2-3-7-16-12/h2-4,7,11H,5-6,8-10H2,1H3. The number of nitrogens with zero attached hydrogens (tertiary/aromatic N) is 4. The lowest BCUT2D eigenvalue weighted by Crippen LogP contribution is -2.38. The lowest BCUT2D eigenvalue weighted by molar-refractivity contribution is -0.129. The van der Waals surface area contributed by atoms with Crippen LogP contribution in [-0.4, -0.2) is 44.8 Å². The SMILES string of the molecule is CC1CCN(C(=O)CSc2nnc(-c3ccccn3)o2)CC1. The molecule has 22 heavy (non-hydrogen) atoms. The molecule has 0 atom stereocenters. The number of amides is 1. The molecule has 0 N–H and O–H groups in total. The Morgan fingerprint density at radius 3 is 2.91 bits per heavy atom. The van der Waals surface area contributed by atoms with Crippen molar-refractivity contribution >= 4 is 17.7 Å². The van der Waals surface area contributed by atoms with E-state index >= 15 is 0 Å². The van der Waals surface area contributed by atoms with Crippen LogP contribution in [0.3, 0.4) is 0 Å². The summed E-state index contributed by atoms with van der Waals surface area (Å²) in [6.07, 6.45) is 3.84. The largest absolute Gasteiger partial charge is 0.410 e. The van der Waals surface area contributed by atoms with Crippen LogP contribution in [0.15, 0.2) is 34.0 Å². The van der Waals surface area contributed by atoms with Crippen LogP contribution in [0.2, 0.25) is 0 Å². The van der Waals surface area contributed by atoms with E-state index in [0.717, 1.165) is 25.9 Å². The average Bonchev–Trinajstić information content (AvgIpc) is 3.03. The van der Waals surface area contributed by atoms with Crippen molar-refractivity contribution in [2.75, 3.05) is 18.8 Å². The molecule has 1 aliphatic rings. The number of carbonyl (C=O) groups is 1. The van der Waals surface area contributed by atoms with Crippen LogP contribution in [-0.2, 0) is 4.79 Å². The van der Waals surface area contributed by atoms with E-state index in [9.17, 15) is 4.79 Å². The van der Waals surface area contributed by atoms with E-state index in [-0.39, 0.29) is 5.91 Å². The zero-order chi connectivity index (χ0) is 15.4. The molecule has 0 aliphatic carbocycles.